The number of amides is 1. The first-order valence-corrected chi connectivity index (χ1v) is 3.63. The molecule has 0 saturated heterocycles. The summed E-state index contributed by atoms with van der Waals surface area (Å²) < 4.78 is 0. The Morgan fingerprint density at radius 3 is 2.55 bits per heavy atom. The number of allylic oxidation sites excluding steroid dienone is 1. The number of hydrogen-bond acceptors (Lipinski definition) is 2. The number of carbonyl (C=O) groups is 1. The van der Waals surface area contributed by atoms with Gasteiger partial charge in [0.25, 0.3) is 0 Å². The van der Waals surface area contributed by atoms with E-state index in [1.165, 1.54) is 6.08 Å². The van der Waals surface area contributed by atoms with Crippen LogP contribution in [0.2, 0.25) is 0 Å². The average Bonchev–Trinajstić information content (AvgIpc) is 1.82. The van der Waals surface area contributed by atoms with E-state index in [4.69, 9.17) is 5.11 Å². The zero-order chi connectivity index (χ0) is 8.85. The predicted molar refractivity (Wildman–Crippen MR) is 44.1 cm³/mol. The van der Waals surface area contributed by atoms with E-state index >= 15 is 0 Å². The summed E-state index contributed by atoms with van der Waals surface area (Å²) in [5.41, 5.74) is 0.952. The molecule has 1 amide bonds. The highest BCUT2D eigenvalue weighted by molar-refractivity contribution is 5.87. The van der Waals surface area contributed by atoms with Crippen molar-refractivity contribution in [2.45, 2.75) is 26.9 Å². The van der Waals surface area contributed by atoms with Crippen molar-refractivity contribution in [2.24, 2.45) is 0 Å². The highest BCUT2D eigenvalue weighted by Crippen LogP contribution is 1.87. The van der Waals surface area contributed by atoms with Gasteiger partial charge in [-0.25, -0.2) is 0 Å². The monoisotopic (exact) mass is 157 g/mol. The molecule has 0 aromatic rings. The fourth-order valence-electron chi connectivity index (χ4n) is 0.562. The minimum atomic E-state index is -0.482. The van der Waals surface area contributed by atoms with Crippen LogP contribution < -0.4 is 5.32 Å². The fourth-order valence-corrected chi connectivity index (χ4v) is 0.562. The Bertz CT molecular complexity index is 157. The van der Waals surface area contributed by atoms with Crippen LogP contribution in [0.1, 0.15) is 20.8 Å². The van der Waals surface area contributed by atoms with Crippen molar-refractivity contribution in [3.63, 3.8) is 0 Å². The molecular formula is C8H15NO2. The van der Waals surface area contributed by atoms with Gasteiger partial charge in [0.2, 0.25) is 5.91 Å². The Kier molecular flexibility index (Phi) is 4.54. The van der Waals surface area contributed by atoms with Crippen molar-refractivity contribution in [1.29, 1.82) is 0 Å². The van der Waals surface area contributed by atoms with Crippen LogP contribution in [0.15, 0.2) is 11.6 Å². The van der Waals surface area contributed by atoms with Crippen LogP contribution in [0.5, 0.6) is 0 Å². The van der Waals surface area contributed by atoms with Gasteiger partial charge in [-0.1, -0.05) is 5.57 Å². The second-order valence-electron chi connectivity index (χ2n) is 2.82. The number of aliphatic hydroxyl groups is 1. The van der Waals surface area contributed by atoms with E-state index in [1.54, 1.807) is 6.92 Å². The molecule has 2 N–H and O–H groups in total. The molecular weight excluding hydrogens is 142 g/mol. The van der Waals surface area contributed by atoms with Gasteiger partial charge in [0.1, 0.15) is 0 Å². The summed E-state index contributed by atoms with van der Waals surface area (Å²) in [7, 11) is 0. The van der Waals surface area contributed by atoms with E-state index < -0.39 is 6.10 Å². The molecule has 0 spiro atoms. The van der Waals surface area contributed by atoms with Crippen molar-refractivity contribution < 1.29 is 9.90 Å². The number of rotatable bonds is 3. The molecule has 0 fully saturated rings. The molecule has 0 aliphatic carbocycles. The largest absolute Gasteiger partial charge is 0.392 e. The Morgan fingerprint density at radius 2 is 2.18 bits per heavy atom. The molecule has 0 aromatic carbocycles. The molecule has 0 aliphatic rings. The molecule has 3 nitrogen and oxygen atoms in total. The lowest BCUT2D eigenvalue weighted by Gasteiger charge is -2.03. The van der Waals surface area contributed by atoms with Gasteiger partial charge in [-0.05, 0) is 20.8 Å². The summed E-state index contributed by atoms with van der Waals surface area (Å²) in [5.74, 6) is -0.147. The summed E-state index contributed by atoms with van der Waals surface area (Å²) >= 11 is 0. The molecule has 0 radical (unpaired) electrons. The Hall–Kier alpha value is -0.830. The molecule has 0 unspecified atom stereocenters. The fraction of sp³-hybridized carbons (Fsp3) is 0.625. The first kappa shape index (κ1) is 10.2. The van der Waals surface area contributed by atoms with Gasteiger partial charge in [-0.15, -0.1) is 0 Å². The van der Waals surface area contributed by atoms with Crippen LogP contribution >= 0.6 is 0 Å². The third kappa shape index (κ3) is 7.06. The number of nitrogens with one attached hydrogen (secondary N) is 1. The molecule has 3 heteroatoms. The molecule has 0 heterocycles. The third-order valence-corrected chi connectivity index (χ3v) is 0.991. The normalized spacial score (nSPS) is 12.0. The van der Waals surface area contributed by atoms with Gasteiger partial charge in [-0.3, -0.25) is 4.79 Å². The van der Waals surface area contributed by atoms with Crippen LogP contribution in [0.25, 0.3) is 0 Å². The molecule has 0 rings (SSSR count). The lowest BCUT2D eigenvalue weighted by molar-refractivity contribution is -0.116. The SMILES string of the molecule is CC(C)=CC(=O)NC[C@@H](C)O. The maximum absolute atomic E-state index is 10.9. The summed E-state index contributed by atoms with van der Waals surface area (Å²) in [4.78, 5) is 10.9. The van der Waals surface area contributed by atoms with Crippen molar-refractivity contribution >= 4 is 5.91 Å². The highest BCUT2D eigenvalue weighted by atomic mass is 16.3. The summed E-state index contributed by atoms with van der Waals surface area (Å²) in [6, 6.07) is 0. The van der Waals surface area contributed by atoms with Gasteiger partial charge in [0.15, 0.2) is 0 Å². The predicted octanol–water partition coefficient (Wildman–Crippen LogP) is 0.450. The van der Waals surface area contributed by atoms with E-state index in [-0.39, 0.29) is 5.91 Å². The smallest absolute Gasteiger partial charge is 0.244 e. The zero-order valence-electron chi connectivity index (χ0n) is 7.22. The average molecular weight is 157 g/mol. The topological polar surface area (TPSA) is 49.3 Å². The highest BCUT2D eigenvalue weighted by Gasteiger charge is 1.97. The van der Waals surface area contributed by atoms with E-state index in [9.17, 15) is 4.79 Å². The first-order valence-electron chi connectivity index (χ1n) is 3.63. The molecule has 1 atom stereocenters. The van der Waals surface area contributed by atoms with E-state index in [0.717, 1.165) is 5.57 Å². The summed E-state index contributed by atoms with van der Waals surface area (Å²) in [5, 5.41) is 11.3. The second-order valence-corrected chi connectivity index (χ2v) is 2.82. The minimum absolute atomic E-state index is 0.147. The van der Waals surface area contributed by atoms with Crippen LogP contribution in [0.3, 0.4) is 0 Å². The van der Waals surface area contributed by atoms with Gasteiger partial charge < -0.3 is 10.4 Å². The number of hydrogen-bond donors (Lipinski definition) is 2. The standard InChI is InChI=1S/C8H15NO2/c1-6(2)4-8(11)9-5-7(3)10/h4,7,10H,5H2,1-3H3,(H,9,11)/t7-/m1/s1. The van der Waals surface area contributed by atoms with Gasteiger partial charge in [0.05, 0.1) is 6.10 Å². The second kappa shape index (κ2) is 4.91. The maximum atomic E-state index is 10.9. The van der Waals surface area contributed by atoms with Crippen LogP contribution in [-0.2, 0) is 4.79 Å². The third-order valence-electron chi connectivity index (χ3n) is 0.991. The van der Waals surface area contributed by atoms with Crippen molar-refractivity contribution in [1.82, 2.24) is 5.32 Å². The van der Waals surface area contributed by atoms with Crippen molar-refractivity contribution in [3.8, 4) is 0 Å². The van der Waals surface area contributed by atoms with Crippen LogP contribution in [0.4, 0.5) is 0 Å². The van der Waals surface area contributed by atoms with Crippen LogP contribution in [-0.4, -0.2) is 23.7 Å². The number of aliphatic hydroxyl groups excluding tert-OH is 1. The maximum Gasteiger partial charge on any atom is 0.244 e. The Balaban J connectivity index is 3.63. The first-order chi connectivity index (χ1) is 5.02. The summed E-state index contributed by atoms with van der Waals surface area (Å²) in [6.07, 6.45) is 1.02. The van der Waals surface area contributed by atoms with Gasteiger partial charge in [-0.2, -0.15) is 0 Å². The Morgan fingerprint density at radius 1 is 1.64 bits per heavy atom. The lowest BCUT2D eigenvalue weighted by Crippen LogP contribution is -2.29. The minimum Gasteiger partial charge on any atom is -0.392 e. The molecule has 0 aliphatic heterocycles. The van der Waals surface area contributed by atoms with E-state index in [2.05, 4.69) is 5.32 Å². The van der Waals surface area contributed by atoms with E-state index in [1.807, 2.05) is 13.8 Å². The van der Waals surface area contributed by atoms with E-state index in [0.29, 0.717) is 6.54 Å². The molecule has 0 aromatic heterocycles. The quantitative estimate of drug-likeness (QED) is 0.584. The van der Waals surface area contributed by atoms with Gasteiger partial charge >= 0.3 is 0 Å². The molecule has 64 valence electrons. The zero-order valence-corrected chi connectivity index (χ0v) is 7.22. The molecule has 11 heavy (non-hydrogen) atoms. The Labute approximate surface area is 67.1 Å². The van der Waals surface area contributed by atoms with Crippen LogP contribution in [0, 0.1) is 0 Å². The van der Waals surface area contributed by atoms with Crippen molar-refractivity contribution in [3.05, 3.63) is 11.6 Å². The summed E-state index contributed by atoms with van der Waals surface area (Å²) in [6.45, 7) is 5.63. The van der Waals surface area contributed by atoms with Crippen molar-refractivity contribution in [2.75, 3.05) is 6.54 Å². The molecule has 0 saturated carbocycles. The van der Waals surface area contributed by atoms with Gasteiger partial charge in [0, 0.05) is 12.6 Å². The molecule has 0 bridgehead atoms. The lowest BCUT2D eigenvalue weighted by atomic mass is 10.3. The number of carbonyl (C=O) groups excluding carboxylic acids is 1.